The number of rotatable bonds is 7. The molecule has 0 spiro atoms. The second-order valence-corrected chi connectivity index (χ2v) is 9.90. The van der Waals surface area contributed by atoms with E-state index in [4.69, 9.17) is 9.15 Å². The number of nitrogens with zero attached hydrogens (tertiary/aromatic N) is 1. The molecule has 1 fully saturated rings. The van der Waals surface area contributed by atoms with E-state index in [1.165, 1.54) is 12.1 Å². The van der Waals surface area contributed by atoms with Crippen molar-refractivity contribution in [3.63, 3.8) is 0 Å². The van der Waals surface area contributed by atoms with Crippen molar-refractivity contribution in [3.8, 4) is 0 Å². The van der Waals surface area contributed by atoms with E-state index in [1.54, 1.807) is 6.07 Å². The molecule has 1 saturated heterocycles. The van der Waals surface area contributed by atoms with E-state index in [1.807, 2.05) is 32.0 Å². The molecule has 1 aromatic heterocycles. The van der Waals surface area contributed by atoms with Gasteiger partial charge in [-0.2, -0.15) is 4.72 Å². The molecule has 0 unspecified atom stereocenters. The molecule has 3 aromatic rings. The first-order valence-corrected chi connectivity index (χ1v) is 11.8. The van der Waals surface area contributed by atoms with Gasteiger partial charge in [0.15, 0.2) is 0 Å². The number of carbonyl (C=O) groups is 1. The molecule has 9 heteroatoms. The number of hydrogen-bond acceptors (Lipinski definition) is 6. The number of carboxylic acids is 1. The van der Waals surface area contributed by atoms with Gasteiger partial charge in [-0.15, -0.1) is 0 Å². The molecule has 1 aliphatic heterocycles. The SMILES string of the molecule is CC(C)C[C@H](NS(=O)(=O)c1ccc2oc3cc(N4CCOCC4)ccc3c2c1)C(=O)O. The molecule has 2 N–H and O–H groups in total. The lowest BCUT2D eigenvalue weighted by Gasteiger charge is -2.28. The zero-order valence-corrected chi connectivity index (χ0v) is 18.3. The number of morpholine rings is 1. The second kappa shape index (κ2) is 8.49. The number of hydrogen-bond donors (Lipinski definition) is 2. The first-order chi connectivity index (χ1) is 14.7. The van der Waals surface area contributed by atoms with Crippen molar-refractivity contribution in [2.75, 3.05) is 31.2 Å². The maximum Gasteiger partial charge on any atom is 0.321 e. The molecule has 4 rings (SSSR count). The lowest BCUT2D eigenvalue weighted by molar-refractivity contribution is -0.139. The average Bonchev–Trinajstić information content (AvgIpc) is 3.10. The van der Waals surface area contributed by atoms with Gasteiger partial charge in [0.2, 0.25) is 10.0 Å². The van der Waals surface area contributed by atoms with Crippen LogP contribution in [0.5, 0.6) is 0 Å². The third kappa shape index (κ3) is 4.53. The van der Waals surface area contributed by atoms with E-state index in [0.29, 0.717) is 29.8 Å². The third-order valence-electron chi connectivity index (χ3n) is 5.42. The lowest BCUT2D eigenvalue weighted by Crippen LogP contribution is -2.41. The Labute approximate surface area is 180 Å². The zero-order chi connectivity index (χ0) is 22.2. The third-order valence-corrected chi connectivity index (χ3v) is 6.88. The van der Waals surface area contributed by atoms with E-state index in [0.717, 1.165) is 24.2 Å². The number of ether oxygens (including phenoxy) is 1. The van der Waals surface area contributed by atoms with Gasteiger partial charge in [-0.25, -0.2) is 8.42 Å². The van der Waals surface area contributed by atoms with Crippen molar-refractivity contribution in [3.05, 3.63) is 36.4 Å². The molecule has 1 aliphatic rings. The molecule has 0 amide bonds. The molecule has 2 aromatic carbocycles. The Morgan fingerprint density at radius 3 is 2.52 bits per heavy atom. The van der Waals surface area contributed by atoms with Crippen molar-refractivity contribution in [1.82, 2.24) is 4.72 Å². The van der Waals surface area contributed by atoms with E-state index in [2.05, 4.69) is 9.62 Å². The number of fused-ring (bicyclic) bond motifs is 3. The van der Waals surface area contributed by atoms with Crippen molar-refractivity contribution in [2.45, 2.75) is 31.2 Å². The van der Waals surface area contributed by atoms with Gasteiger partial charge in [0.25, 0.3) is 0 Å². The highest BCUT2D eigenvalue weighted by molar-refractivity contribution is 7.89. The number of benzene rings is 2. The first-order valence-electron chi connectivity index (χ1n) is 10.3. The van der Waals surface area contributed by atoms with Crippen LogP contribution in [0.25, 0.3) is 21.9 Å². The zero-order valence-electron chi connectivity index (χ0n) is 17.5. The Morgan fingerprint density at radius 1 is 1.10 bits per heavy atom. The quantitative estimate of drug-likeness (QED) is 0.574. The molecule has 166 valence electrons. The molecule has 0 bridgehead atoms. The fourth-order valence-corrected chi connectivity index (χ4v) is 5.08. The fraction of sp³-hybridized carbons (Fsp3) is 0.409. The first kappa shape index (κ1) is 21.6. The number of sulfonamides is 1. The summed E-state index contributed by atoms with van der Waals surface area (Å²) in [7, 11) is -4.01. The van der Waals surface area contributed by atoms with Crippen molar-refractivity contribution >= 4 is 43.6 Å². The van der Waals surface area contributed by atoms with Crippen LogP contribution < -0.4 is 9.62 Å². The standard InChI is InChI=1S/C22H26N2O6S/c1-14(2)11-19(22(25)26)23-31(27,28)16-4-6-20-18(13-16)17-5-3-15(12-21(17)30-20)24-7-9-29-10-8-24/h3-6,12-14,19,23H,7-11H2,1-2H3,(H,25,26)/t19-/m0/s1. The Hall–Kier alpha value is -2.62. The van der Waals surface area contributed by atoms with Crippen molar-refractivity contribution in [2.24, 2.45) is 5.92 Å². The topological polar surface area (TPSA) is 109 Å². The van der Waals surface area contributed by atoms with Gasteiger partial charge >= 0.3 is 5.97 Å². The van der Waals surface area contributed by atoms with E-state index in [-0.39, 0.29) is 17.2 Å². The van der Waals surface area contributed by atoms with Gasteiger partial charge in [0.05, 0.1) is 18.1 Å². The van der Waals surface area contributed by atoms with Gasteiger partial charge in [-0.3, -0.25) is 4.79 Å². The second-order valence-electron chi connectivity index (χ2n) is 8.18. The molecule has 0 radical (unpaired) electrons. The fourth-order valence-electron chi connectivity index (χ4n) is 3.86. The van der Waals surface area contributed by atoms with E-state index < -0.39 is 22.0 Å². The lowest BCUT2D eigenvalue weighted by atomic mass is 10.1. The minimum atomic E-state index is -4.01. The highest BCUT2D eigenvalue weighted by atomic mass is 32.2. The Bertz CT molecular complexity index is 1210. The molecule has 1 atom stereocenters. The molecule has 31 heavy (non-hydrogen) atoms. The highest BCUT2D eigenvalue weighted by Crippen LogP contribution is 2.33. The largest absolute Gasteiger partial charge is 0.480 e. The summed E-state index contributed by atoms with van der Waals surface area (Å²) < 4.78 is 39.4. The van der Waals surface area contributed by atoms with Gasteiger partial charge < -0.3 is 19.2 Å². The summed E-state index contributed by atoms with van der Waals surface area (Å²) in [6.07, 6.45) is 0.204. The number of carboxylic acid groups (broad SMARTS) is 1. The summed E-state index contributed by atoms with van der Waals surface area (Å²) >= 11 is 0. The van der Waals surface area contributed by atoms with Crippen LogP contribution in [0.15, 0.2) is 45.7 Å². The monoisotopic (exact) mass is 446 g/mol. The van der Waals surface area contributed by atoms with Crippen LogP contribution in [0.1, 0.15) is 20.3 Å². The Balaban J connectivity index is 1.68. The molecule has 2 heterocycles. The predicted octanol–water partition coefficient (Wildman–Crippen LogP) is 3.20. The maximum atomic E-state index is 12.9. The van der Waals surface area contributed by atoms with Crippen molar-refractivity contribution in [1.29, 1.82) is 0 Å². The van der Waals surface area contributed by atoms with E-state index >= 15 is 0 Å². The molecular formula is C22H26N2O6S. The van der Waals surface area contributed by atoms with Crippen LogP contribution in [0.2, 0.25) is 0 Å². The van der Waals surface area contributed by atoms with Gasteiger partial charge in [0, 0.05) is 35.6 Å². The molecular weight excluding hydrogens is 420 g/mol. The minimum Gasteiger partial charge on any atom is -0.480 e. The molecule has 0 aliphatic carbocycles. The Morgan fingerprint density at radius 2 is 1.84 bits per heavy atom. The van der Waals surface area contributed by atoms with Crippen LogP contribution in [0.4, 0.5) is 5.69 Å². The summed E-state index contributed by atoms with van der Waals surface area (Å²) in [4.78, 5) is 13.7. The smallest absolute Gasteiger partial charge is 0.321 e. The van der Waals surface area contributed by atoms with Gasteiger partial charge in [0.1, 0.15) is 17.2 Å². The predicted molar refractivity (Wildman–Crippen MR) is 118 cm³/mol. The van der Waals surface area contributed by atoms with Gasteiger partial charge in [-0.05, 0) is 42.7 Å². The van der Waals surface area contributed by atoms with Crippen LogP contribution >= 0.6 is 0 Å². The summed E-state index contributed by atoms with van der Waals surface area (Å²) in [5.74, 6) is -1.16. The minimum absolute atomic E-state index is 0.00922. The average molecular weight is 447 g/mol. The summed E-state index contributed by atoms with van der Waals surface area (Å²) in [5, 5.41) is 10.9. The normalized spacial score (nSPS) is 16.3. The number of aliphatic carboxylic acids is 1. The Kier molecular flexibility index (Phi) is 5.92. The summed E-state index contributed by atoms with van der Waals surface area (Å²) in [6, 6.07) is 9.26. The van der Waals surface area contributed by atoms with Crippen LogP contribution in [0.3, 0.4) is 0 Å². The van der Waals surface area contributed by atoms with Crippen molar-refractivity contribution < 1.29 is 27.5 Å². The summed E-state index contributed by atoms with van der Waals surface area (Å²) in [5.41, 5.74) is 2.28. The molecule has 0 saturated carbocycles. The number of nitrogens with one attached hydrogen (secondary N) is 1. The van der Waals surface area contributed by atoms with E-state index in [9.17, 15) is 18.3 Å². The highest BCUT2D eigenvalue weighted by Gasteiger charge is 2.26. The van der Waals surface area contributed by atoms with Gasteiger partial charge in [-0.1, -0.05) is 13.8 Å². The summed E-state index contributed by atoms with van der Waals surface area (Å²) in [6.45, 7) is 6.67. The van der Waals surface area contributed by atoms with Crippen LogP contribution in [0, 0.1) is 5.92 Å². The number of anilines is 1. The number of furan rings is 1. The van der Waals surface area contributed by atoms with Crippen LogP contribution in [-0.2, 0) is 19.6 Å². The van der Waals surface area contributed by atoms with Crippen LogP contribution in [-0.4, -0.2) is 51.8 Å². The molecule has 8 nitrogen and oxygen atoms in total. The maximum absolute atomic E-state index is 12.9.